The van der Waals surface area contributed by atoms with Crippen LogP contribution in [-0.2, 0) is 6.54 Å². The molecule has 0 saturated heterocycles. The summed E-state index contributed by atoms with van der Waals surface area (Å²) in [5.41, 5.74) is 7.04. The average Bonchev–Trinajstić information content (AvgIpc) is 2.35. The summed E-state index contributed by atoms with van der Waals surface area (Å²) in [6, 6.07) is 4.17. The SMILES string of the molecule is CC(C)C(C)NCc1ccnc(C(N)=NO)c1. The first-order valence-corrected chi connectivity index (χ1v) is 5.70. The van der Waals surface area contributed by atoms with E-state index in [0.29, 0.717) is 17.7 Å². The minimum atomic E-state index is 0.0313. The summed E-state index contributed by atoms with van der Waals surface area (Å²) in [7, 11) is 0. The lowest BCUT2D eigenvalue weighted by Crippen LogP contribution is -2.30. The Bertz CT molecular complexity index is 390. The van der Waals surface area contributed by atoms with Crippen LogP contribution in [-0.4, -0.2) is 22.1 Å². The van der Waals surface area contributed by atoms with E-state index >= 15 is 0 Å². The Kier molecular flexibility index (Phi) is 4.90. The molecule has 17 heavy (non-hydrogen) atoms. The monoisotopic (exact) mass is 236 g/mol. The molecule has 0 fully saturated rings. The molecule has 0 radical (unpaired) electrons. The zero-order chi connectivity index (χ0) is 12.8. The van der Waals surface area contributed by atoms with Gasteiger partial charge in [0.2, 0.25) is 0 Å². The highest BCUT2D eigenvalue weighted by Crippen LogP contribution is 2.05. The highest BCUT2D eigenvalue weighted by Gasteiger charge is 2.07. The maximum atomic E-state index is 8.58. The molecule has 94 valence electrons. The standard InChI is InChI=1S/C12H20N4O/c1-8(2)9(3)15-7-10-4-5-14-11(6-10)12(13)16-17/h4-6,8-9,15,17H,7H2,1-3H3,(H2,13,16). The van der Waals surface area contributed by atoms with Gasteiger partial charge in [-0.05, 0) is 30.5 Å². The van der Waals surface area contributed by atoms with Gasteiger partial charge in [0.15, 0.2) is 5.84 Å². The number of nitrogens with one attached hydrogen (secondary N) is 1. The van der Waals surface area contributed by atoms with Gasteiger partial charge in [-0.15, -0.1) is 0 Å². The van der Waals surface area contributed by atoms with Crippen molar-refractivity contribution in [2.45, 2.75) is 33.4 Å². The maximum absolute atomic E-state index is 8.58. The number of nitrogens with zero attached hydrogens (tertiary/aromatic N) is 2. The summed E-state index contributed by atoms with van der Waals surface area (Å²) in [5, 5.41) is 14.9. The van der Waals surface area contributed by atoms with Crippen molar-refractivity contribution in [1.82, 2.24) is 10.3 Å². The summed E-state index contributed by atoms with van der Waals surface area (Å²) in [6.45, 7) is 7.24. The Balaban J connectivity index is 2.66. The van der Waals surface area contributed by atoms with Crippen molar-refractivity contribution in [3.05, 3.63) is 29.6 Å². The smallest absolute Gasteiger partial charge is 0.188 e. The van der Waals surface area contributed by atoms with Crippen LogP contribution in [0, 0.1) is 5.92 Å². The van der Waals surface area contributed by atoms with E-state index in [2.05, 4.69) is 36.2 Å². The molecule has 1 aromatic rings. The van der Waals surface area contributed by atoms with Crippen LogP contribution in [0.4, 0.5) is 0 Å². The van der Waals surface area contributed by atoms with Gasteiger partial charge in [0.1, 0.15) is 5.69 Å². The van der Waals surface area contributed by atoms with Crippen LogP contribution in [0.25, 0.3) is 0 Å². The minimum absolute atomic E-state index is 0.0313. The number of aromatic nitrogens is 1. The summed E-state index contributed by atoms with van der Waals surface area (Å²) < 4.78 is 0. The van der Waals surface area contributed by atoms with Gasteiger partial charge >= 0.3 is 0 Å². The van der Waals surface area contributed by atoms with Crippen molar-refractivity contribution >= 4 is 5.84 Å². The molecule has 5 nitrogen and oxygen atoms in total. The maximum Gasteiger partial charge on any atom is 0.188 e. The molecule has 5 heteroatoms. The zero-order valence-corrected chi connectivity index (χ0v) is 10.5. The van der Waals surface area contributed by atoms with Crippen molar-refractivity contribution in [1.29, 1.82) is 0 Å². The molecule has 0 saturated carbocycles. The molecule has 0 aliphatic carbocycles. The molecule has 0 aromatic carbocycles. The third-order valence-corrected chi connectivity index (χ3v) is 2.82. The molecule has 0 bridgehead atoms. The Morgan fingerprint density at radius 1 is 1.53 bits per heavy atom. The topological polar surface area (TPSA) is 83.5 Å². The molecule has 1 aromatic heterocycles. The molecule has 0 aliphatic rings. The van der Waals surface area contributed by atoms with E-state index in [4.69, 9.17) is 10.9 Å². The summed E-state index contributed by atoms with van der Waals surface area (Å²) >= 11 is 0. The predicted octanol–water partition coefficient (Wildman–Crippen LogP) is 1.31. The molecule has 0 aliphatic heterocycles. The molecule has 1 atom stereocenters. The molecule has 1 rings (SSSR count). The quantitative estimate of drug-likeness (QED) is 0.311. The van der Waals surface area contributed by atoms with Crippen molar-refractivity contribution in [2.24, 2.45) is 16.8 Å². The average molecular weight is 236 g/mol. The van der Waals surface area contributed by atoms with Crippen molar-refractivity contribution in [3.8, 4) is 0 Å². The van der Waals surface area contributed by atoms with Crippen LogP contribution in [0.3, 0.4) is 0 Å². The van der Waals surface area contributed by atoms with Gasteiger partial charge in [0, 0.05) is 18.8 Å². The fourth-order valence-corrected chi connectivity index (χ4v) is 1.29. The lowest BCUT2D eigenvalue weighted by Gasteiger charge is -2.17. The number of pyridine rings is 1. The van der Waals surface area contributed by atoms with Gasteiger partial charge in [0.05, 0.1) is 0 Å². The van der Waals surface area contributed by atoms with E-state index in [1.807, 2.05) is 12.1 Å². The van der Waals surface area contributed by atoms with Gasteiger partial charge in [0.25, 0.3) is 0 Å². The van der Waals surface area contributed by atoms with E-state index in [1.54, 1.807) is 6.20 Å². The lowest BCUT2D eigenvalue weighted by molar-refractivity contribution is 0.318. The van der Waals surface area contributed by atoms with E-state index in [9.17, 15) is 0 Å². The van der Waals surface area contributed by atoms with Crippen LogP contribution in [0.5, 0.6) is 0 Å². The second-order valence-corrected chi connectivity index (χ2v) is 4.45. The third-order valence-electron chi connectivity index (χ3n) is 2.82. The van der Waals surface area contributed by atoms with Gasteiger partial charge < -0.3 is 16.3 Å². The van der Waals surface area contributed by atoms with E-state index in [0.717, 1.165) is 12.1 Å². The van der Waals surface area contributed by atoms with Gasteiger partial charge in [-0.1, -0.05) is 19.0 Å². The summed E-state index contributed by atoms with van der Waals surface area (Å²) in [4.78, 5) is 4.03. The Labute approximate surface area is 102 Å². The van der Waals surface area contributed by atoms with Crippen LogP contribution in [0.2, 0.25) is 0 Å². The van der Waals surface area contributed by atoms with Crippen molar-refractivity contribution < 1.29 is 5.21 Å². The van der Waals surface area contributed by atoms with E-state index in [-0.39, 0.29) is 5.84 Å². The fourth-order valence-electron chi connectivity index (χ4n) is 1.29. The van der Waals surface area contributed by atoms with Crippen LogP contribution >= 0.6 is 0 Å². The van der Waals surface area contributed by atoms with Crippen LogP contribution in [0.15, 0.2) is 23.5 Å². The van der Waals surface area contributed by atoms with Crippen molar-refractivity contribution in [2.75, 3.05) is 0 Å². The molecule has 0 amide bonds. The van der Waals surface area contributed by atoms with Gasteiger partial charge in [-0.2, -0.15) is 0 Å². The molecule has 4 N–H and O–H groups in total. The Morgan fingerprint density at radius 2 is 2.24 bits per heavy atom. The molecule has 1 heterocycles. The fraction of sp³-hybridized carbons (Fsp3) is 0.500. The first-order chi connectivity index (χ1) is 8.04. The van der Waals surface area contributed by atoms with Crippen LogP contribution in [0.1, 0.15) is 32.0 Å². The van der Waals surface area contributed by atoms with Crippen LogP contribution < -0.4 is 11.1 Å². The molecule has 1 unspecified atom stereocenters. The van der Waals surface area contributed by atoms with Crippen molar-refractivity contribution in [3.63, 3.8) is 0 Å². The molecular formula is C12H20N4O. The number of hydrogen-bond donors (Lipinski definition) is 3. The summed E-state index contributed by atoms with van der Waals surface area (Å²) in [5.74, 6) is 0.615. The highest BCUT2D eigenvalue weighted by molar-refractivity contribution is 5.95. The van der Waals surface area contributed by atoms with Gasteiger partial charge in [-0.3, -0.25) is 4.98 Å². The Morgan fingerprint density at radius 3 is 2.82 bits per heavy atom. The summed E-state index contributed by atoms with van der Waals surface area (Å²) in [6.07, 6.45) is 1.66. The predicted molar refractivity (Wildman–Crippen MR) is 67.9 cm³/mol. The molecule has 0 spiro atoms. The second-order valence-electron chi connectivity index (χ2n) is 4.45. The lowest BCUT2D eigenvalue weighted by atomic mass is 10.1. The number of nitrogens with two attached hydrogens (primary N) is 1. The largest absolute Gasteiger partial charge is 0.409 e. The van der Waals surface area contributed by atoms with E-state index < -0.39 is 0 Å². The number of rotatable bonds is 5. The highest BCUT2D eigenvalue weighted by atomic mass is 16.4. The first-order valence-electron chi connectivity index (χ1n) is 5.70. The Hall–Kier alpha value is -1.62. The molecular weight excluding hydrogens is 216 g/mol. The first kappa shape index (κ1) is 13.4. The zero-order valence-electron chi connectivity index (χ0n) is 10.5. The normalized spacial score (nSPS) is 14.0. The van der Waals surface area contributed by atoms with Gasteiger partial charge in [-0.25, -0.2) is 0 Å². The minimum Gasteiger partial charge on any atom is -0.409 e. The number of amidine groups is 1. The number of hydrogen-bond acceptors (Lipinski definition) is 4. The third kappa shape index (κ3) is 4.03. The second kappa shape index (κ2) is 6.20. The van der Waals surface area contributed by atoms with E-state index in [1.165, 1.54) is 0 Å². The number of oxime groups is 1.